The van der Waals surface area contributed by atoms with Gasteiger partial charge in [0.15, 0.2) is 0 Å². The summed E-state index contributed by atoms with van der Waals surface area (Å²) < 4.78 is 34.2. The Morgan fingerprint density at radius 3 is 2.60 bits per heavy atom. The van der Waals surface area contributed by atoms with E-state index >= 15 is 0 Å². The van der Waals surface area contributed by atoms with E-state index in [9.17, 15) is 8.78 Å². The maximum absolute atomic E-state index is 13.9. The lowest BCUT2D eigenvalue weighted by Crippen LogP contribution is -1.98. The molecule has 2 aromatic heterocycles. The van der Waals surface area contributed by atoms with Gasteiger partial charge in [0, 0.05) is 0 Å². The first-order chi connectivity index (χ1) is 12.1. The first-order valence-electron chi connectivity index (χ1n) is 7.53. The van der Waals surface area contributed by atoms with Crippen LogP contribution >= 0.6 is 0 Å². The Balaban J connectivity index is 1.74. The number of halogens is 2. The van der Waals surface area contributed by atoms with Crippen molar-refractivity contribution in [1.82, 2.24) is 19.9 Å². The van der Waals surface area contributed by atoms with Gasteiger partial charge in [-0.1, -0.05) is 23.4 Å². The predicted molar refractivity (Wildman–Crippen MR) is 86.9 cm³/mol. The van der Waals surface area contributed by atoms with Crippen molar-refractivity contribution in [3.63, 3.8) is 0 Å². The van der Waals surface area contributed by atoms with Gasteiger partial charge in [0.05, 0.1) is 28.7 Å². The molecule has 0 amide bonds. The zero-order valence-electron chi connectivity index (χ0n) is 13.1. The van der Waals surface area contributed by atoms with Crippen molar-refractivity contribution in [2.45, 2.75) is 6.92 Å². The zero-order valence-corrected chi connectivity index (χ0v) is 13.1. The molecular formula is C18H12F2N4O. The van der Waals surface area contributed by atoms with Crippen LogP contribution in [0.25, 0.3) is 28.5 Å². The monoisotopic (exact) mass is 338 g/mol. The lowest BCUT2D eigenvalue weighted by atomic mass is 10.2. The van der Waals surface area contributed by atoms with Gasteiger partial charge in [0.25, 0.3) is 5.89 Å². The average molecular weight is 338 g/mol. The van der Waals surface area contributed by atoms with E-state index in [0.29, 0.717) is 5.56 Å². The van der Waals surface area contributed by atoms with Gasteiger partial charge in [-0.15, -0.1) is 0 Å². The van der Waals surface area contributed by atoms with Crippen LogP contribution in [0.2, 0.25) is 0 Å². The Morgan fingerprint density at radius 2 is 1.80 bits per heavy atom. The van der Waals surface area contributed by atoms with Crippen LogP contribution in [-0.4, -0.2) is 19.9 Å². The third kappa shape index (κ3) is 2.69. The van der Waals surface area contributed by atoms with Crippen molar-refractivity contribution >= 4 is 0 Å². The topological polar surface area (TPSA) is 56.7 Å². The molecule has 0 saturated heterocycles. The van der Waals surface area contributed by atoms with Gasteiger partial charge in [0.2, 0.25) is 5.82 Å². The molecule has 25 heavy (non-hydrogen) atoms. The molecular weight excluding hydrogens is 326 g/mol. The highest BCUT2D eigenvalue weighted by atomic mass is 19.1. The lowest BCUT2D eigenvalue weighted by molar-refractivity contribution is 0.431. The second-order valence-corrected chi connectivity index (χ2v) is 5.44. The van der Waals surface area contributed by atoms with Crippen LogP contribution in [0.4, 0.5) is 8.78 Å². The highest BCUT2D eigenvalue weighted by Crippen LogP contribution is 2.27. The molecule has 4 rings (SSSR count). The molecule has 5 nitrogen and oxygen atoms in total. The average Bonchev–Trinajstić information content (AvgIpc) is 3.24. The van der Waals surface area contributed by atoms with Crippen LogP contribution in [-0.2, 0) is 0 Å². The molecule has 0 aliphatic rings. The Bertz CT molecular complexity index is 1040. The molecule has 0 aliphatic carbocycles. The minimum Gasteiger partial charge on any atom is -0.333 e. The van der Waals surface area contributed by atoms with Gasteiger partial charge in [-0.25, -0.2) is 13.5 Å². The molecule has 0 fully saturated rings. The number of hydrogen-bond donors (Lipinski definition) is 0. The number of benzene rings is 2. The summed E-state index contributed by atoms with van der Waals surface area (Å²) in [5.41, 5.74) is 2.26. The summed E-state index contributed by atoms with van der Waals surface area (Å²) in [6, 6.07) is 12.7. The molecule has 0 radical (unpaired) electrons. The molecule has 0 N–H and O–H groups in total. The summed E-state index contributed by atoms with van der Waals surface area (Å²) in [5, 5.41) is 8.09. The fourth-order valence-electron chi connectivity index (χ4n) is 2.56. The Labute approximate surface area is 141 Å². The normalized spacial score (nSPS) is 11.0. The molecule has 0 spiro atoms. The van der Waals surface area contributed by atoms with E-state index in [4.69, 9.17) is 4.52 Å². The van der Waals surface area contributed by atoms with Crippen LogP contribution in [0.3, 0.4) is 0 Å². The standard InChI is InChI=1S/C18H12F2N4O/c1-11-15(10-21-24(11)13-5-3-2-4-6-13)18-22-17(23-25-18)14-9-12(19)7-8-16(14)20/h2-10H,1H3. The first kappa shape index (κ1) is 15.2. The number of rotatable bonds is 3. The van der Waals surface area contributed by atoms with Crippen molar-refractivity contribution in [3.8, 4) is 28.5 Å². The molecule has 7 heteroatoms. The Kier molecular flexibility index (Phi) is 3.61. The fourth-order valence-corrected chi connectivity index (χ4v) is 2.56. The van der Waals surface area contributed by atoms with Gasteiger partial charge in [-0.3, -0.25) is 0 Å². The molecule has 0 aliphatic heterocycles. The van der Waals surface area contributed by atoms with E-state index in [0.717, 1.165) is 29.6 Å². The highest BCUT2D eigenvalue weighted by molar-refractivity contribution is 5.62. The van der Waals surface area contributed by atoms with Crippen molar-refractivity contribution < 1.29 is 13.3 Å². The van der Waals surface area contributed by atoms with Gasteiger partial charge >= 0.3 is 0 Å². The molecule has 2 heterocycles. The maximum atomic E-state index is 13.9. The molecule has 0 saturated carbocycles. The van der Waals surface area contributed by atoms with Crippen molar-refractivity contribution in [1.29, 1.82) is 0 Å². The minimum absolute atomic E-state index is 0.0149. The van der Waals surface area contributed by atoms with Crippen LogP contribution in [0.15, 0.2) is 59.3 Å². The predicted octanol–water partition coefficient (Wildman–Crippen LogP) is 4.18. The molecule has 0 atom stereocenters. The smallest absolute Gasteiger partial charge is 0.261 e. The molecule has 0 unspecified atom stereocenters. The van der Waals surface area contributed by atoms with E-state index < -0.39 is 11.6 Å². The van der Waals surface area contributed by atoms with Gasteiger partial charge in [-0.2, -0.15) is 10.1 Å². The summed E-state index contributed by atoms with van der Waals surface area (Å²) in [7, 11) is 0. The number of hydrogen-bond acceptors (Lipinski definition) is 4. The van der Waals surface area contributed by atoms with E-state index in [-0.39, 0.29) is 17.3 Å². The van der Waals surface area contributed by atoms with Crippen LogP contribution < -0.4 is 0 Å². The summed E-state index contributed by atoms with van der Waals surface area (Å²) in [6.07, 6.45) is 1.60. The van der Waals surface area contributed by atoms with Crippen LogP contribution in [0.5, 0.6) is 0 Å². The quantitative estimate of drug-likeness (QED) is 0.562. The highest BCUT2D eigenvalue weighted by Gasteiger charge is 2.19. The van der Waals surface area contributed by atoms with Crippen molar-refractivity contribution in [2.75, 3.05) is 0 Å². The summed E-state index contributed by atoms with van der Waals surface area (Å²) in [5.74, 6) is -1.02. The number of aromatic nitrogens is 4. The number of nitrogens with zero attached hydrogens (tertiary/aromatic N) is 4. The third-order valence-corrected chi connectivity index (χ3v) is 3.84. The molecule has 0 bridgehead atoms. The summed E-state index contributed by atoms with van der Waals surface area (Å²) in [4.78, 5) is 4.18. The molecule has 124 valence electrons. The van der Waals surface area contributed by atoms with Crippen LogP contribution in [0, 0.1) is 18.6 Å². The molecule has 4 aromatic rings. The van der Waals surface area contributed by atoms with Gasteiger partial charge in [-0.05, 0) is 37.3 Å². The van der Waals surface area contributed by atoms with E-state index in [2.05, 4.69) is 15.2 Å². The zero-order chi connectivity index (χ0) is 17.4. The van der Waals surface area contributed by atoms with E-state index in [1.54, 1.807) is 10.9 Å². The summed E-state index contributed by atoms with van der Waals surface area (Å²) in [6.45, 7) is 1.86. The largest absolute Gasteiger partial charge is 0.333 e. The van der Waals surface area contributed by atoms with E-state index in [1.165, 1.54) is 0 Å². The van der Waals surface area contributed by atoms with Crippen molar-refractivity contribution in [2.24, 2.45) is 0 Å². The Hall–Kier alpha value is -3.35. The van der Waals surface area contributed by atoms with Gasteiger partial charge in [0.1, 0.15) is 11.6 Å². The SMILES string of the molecule is Cc1c(-c2nc(-c3cc(F)ccc3F)no2)cnn1-c1ccccc1. The number of para-hydroxylation sites is 1. The second kappa shape index (κ2) is 5.94. The Morgan fingerprint density at radius 1 is 1.00 bits per heavy atom. The van der Waals surface area contributed by atoms with E-state index in [1.807, 2.05) is 37.3 Å². The van der Waals surface area contributed by atoms with Crippen LogP contribution in [0.1, 0.15) is 5.69 Å². The lowest BCUT2D eigenvalue weighted by Gasteiger charge is -2.03. The summed E-state index contributed by atoms with van der Waals surface area (Å²) >= 11 is 0. The van der Waals surface area contributed by atoms with Gasteiger partial charge < -0.3 is 4.52 Å². The maximum Gasteiger partial charge on any atom is 0.261 e. The second-order valence-electron chi connectivity index (χ2n) is 5.44. The first-order valence-corrected chi connectivity index (χ1v) is 7.53. The van der Waals surface area contributed by atoms with Crippen molar-refractivity contribution in [3.05, 3.63) is 72.1 Å². The fraction of sp³-hybridized carbons (Fsp3) is 0.0556. The minimum atomic E-state index is -0.620. The third-order valence-electron chi connectivity index (χ3n) is 3.84. The molecule has 2 aromatic carbocycles.